The first-order valence-electron chi connectivity index (χ1n) is 8.48. The van der Waals surface area contributed by atoms with Crippen LogP contribution in [0.25, 0.3) is 10.8 Å². The van der Waals surface area contributed by atoms with Crippen LogP contribution in [0.1, 0.15) is 5.56 Å². The Hall–Kier alpha value is -3.54. The van der Waals surface area contributed by atoms with Crippen LogP contribution < -0.4 is 20.5 Å². The maximum absolute atomic E-state index is 12.0. The molecular weight excluding hydrogens is 344 g/mol. The van der Waals surface area contributed by atoms with Crippen LogP contribution in [0.5, 0.6) is 11.5 Å². The van der Waals surface area contributed by atoms with E-state index in [2.05, 4.69) is 5.32 Å². The third kappa shape index (κ3) is 5.47. The number of carbonyl (C=O) groups excluding carboxylic acids is 2. The molecule has 3 N–H and O–H groups in total. The van der Waals surface area contributed by atoms with E-state index in [0.29, 0.717) is 18.0 Å². The molecule has 0 atom stereocenters. The molecule has 27 heavy (non-hydrogen) atoms. The van der Waals surface area contributed by atoms with Crippen molar-refractivity contribution in [2.24, 2.45) is 5.73 Å². The number of nitrogens with one attached hydrogen (secondary N) is 1. The number of fused-ring (bicyclic) bond motifs is 1. The summed E-state index contributed by atoms with van der Waals surface area (Å²) in [6.45, 7) is 0.0688. The topological polar surface area (TPSA) is 90.7 Å². The molecule has 0 unspecified atom stereocenters. The summed E-state index contributed by atoms with van der Waals surface area (Å²) >= 11 is 0. The van der Waals surface area contributed by atoms with Crippen LogP contribution in [0, 0.1) is 0 Å². The number of hydrogen-bond acceptors (Lipinski definition) is 4. The van der Waals surface area contributed by atoms with Gasteiger partial charge in [0.1, 0.15) is 11.5 Å². The highest BCUT2D eigenvalue weighted by Crippen LogP contribution is 2.20. The summed E-state index contributed by atoms with van der Waals surface area (Å²) in [5, 5.41) is 4.96. The SMILES string of the molecule is NC(=O)COc1cccc(CNC(=O)COc2ccc3ccccc3c2)c1. The van der Waals surface area contributed by atoms with E-state index >= 15 is 0 Å². The normalized spacial score (nSPS) is 10.4. The summed E-state index contributed by atoms with van der Waals surface area (Å²) in [6.07, 6.45) is 0. The smallest absolute Gasteiger partial charge is 0.258 e. The van der Waals surface area contributed by atoms with Crippen LogP contribution in [0.2, 0.25) is 0 Å². The maximum Gasteiger partial charge on any atom is 0.258 e. The lowest BCUT2D eigenvalue weighted by Gasteiger charge is -2.09. The fraction of sp³-hybridized carbons (Fsp3) is 0.143. The molecule has 0 heterocycles. The van der Waals surface area contributed by atoms with E-state index in [1.54, 1.807) is 18.2 Å². The number of benzene rings is 3. The van der Waals surface area contributed by atoms with Crippen molar-refractivity contribution in [3.8, 4) is 11.5 Å². The molecule has 0 saturated heterocycles. The molecule has 0 saturated carbocycles. The fourth-order valence-electron chi connectivity index (χ4n) is 2.56. The Morgan fingerprint density at radius 1 is 0.815 bits per heavy atom. The molecule has 6 nitrogen and oxygen atoms in total. The summed E-state index contributed by atoms with van der Waals surface area (Å²) in [7, 11) is 0. The van der Waals surface area contributed by atoms with E-state index in [0.717, 1.165) is 16.3 Å². The van der Waals surface area contributed by atoms with Crippen LogP contribution in [0.15, 0.2) is 66.7 Å². The minimum Gasteiger partial charge on any atom is -0.484 e. The zero-order valence-corrected chi connectivity index (χ0v) is 14.7. The highest BCUT2D eigenvalue weighted by molar-refractivity contribution is 5.84. The Balaban J connectivity index is 1.49. The lowest BCUT2D eigenvalue weighted by atomic mass is 10.1. The monoisotopic (exact) mass is 364 g/mol. The molecule has 0 bridgehead atoms. The van der Waals surface area contributed by atoms with Gasteiger partial charge in [-0.2, -0.15) is 0 Å². The van der Waals surface area contributed by atoms with Crippen molar-refractivity contribution < 1.29 is 19.1 Å². The van der Waals surface area contributed by atoms with Crippen LogP contribution in [-0.2, 0) is 16.1 Å². The van der Waals surface area contributed by atoms with Crippen molar-refractivity contribution in [1.82, 2.24) is 5.32 Å². The van der Waals surface area contributed by atoms with Crippen LogP contribution in [0.4, 0.5) is 0 Å². The summed E-state index contributed by atoms with van der Waals surface area (Å²) < 4.78 is 10.8. The summed E-state index contributed by atoms with van der Waals surface area (Å²) in [4.78, 5) is 22.8. The first kappa shape index (κ1) is 18.3. The fourth-order valence-corrected chi connectivity index (χ4v) is 2.56. The van der Waals surface area contributed by atoms with E-state index in [1.165, 1.54) is 0 Å². The standard InChI is InChI=1S/C21H20N2O4/c22-20(24)13-26-18-7-3-4-15(10-18)12-23-21(25)14-27-19-9-8-16-5-1-2-6-17(16)11-19/h1-11H,12-14H2,(H2,22,24)(H,23,25). The highest BCUT2D eigenvalue weighted by atomic mass is 16.5. The molecule has 0 fully saturated rings. The second-order valence-electron chi connectivity index (χ2n) is 5.98. The highest BCUT2D eigenvalue weighted by Gasteiger charge is 2.05. The molecule has 138 valence electrons. The molecule has 2 amide bonds. The lowest BCUT2D eigenvalue weighted by molar-refractivity contribution is -0.123. The van der Waals surface area contributed by atoms with Gasteiger partial charge < -0.3 is 20.5 Å². The Labute approximate surface area is 156 Å². The van der Waals surface area contributed by atoms with Gasteiger partial charge in [0.15, 0.2) is 13.2 Å². The average molecular weight is 364 g/mol. The number of hydrogen-bond donors (Lipinski definition) is 2. The molecule has 6 heteroatoms. The van der Waals surface area contributed by atoms with E-state index in [1.807, 2.05) is 48.5 Å². The zero-order chi connectivity index (χ0) is 19.1. The molecule has 0 aliphatic rings. The van der Waals surface area contributed by atoms with Gasteiger partial charge in [-0.3, -0.25) is 9.59 Å². The van der Waals surface area contributed by atoms with Gasteiger partial charge in [0.25, 0.3) is 11.8 Å². The number of primary amides is 1. The molecule has 0 spiro atoms. The van der Waals surface area contributed by atoms with Crippen molar-refractivity contribution in [3.63, 3.8) is 0 Å². The molecule has 3 aromatic rings. The van der Waals surface area contributed by atoms with E-state index < -0.39 is 5.91 Å². The van der Waals surface area contributed by atoms with Gasteiger partial charge in [-0.1, -0.05) is 42.5 Å². The molecule has 3 aromatic carbocycles. The average Bonchev–Trinajstić information content (AvgIpc) is 2.69. The van der Waals surface area contributed by atoms with Gasteiger partial charge in [-0.25, -0.2) is 0 Å². The zero-order valence-electron chi connectivity index (χ0n) is 14.7. The van der Waals surface area contributed by atoms with Gasteiger partial charge in [-0.05, 0) is 40.6 Å². The molecule has 0 aromatic heterocycles. The van der Waals surface area contributed by atoms with Crippen molar-refractivity contribution in [1.29, 1.82) is 0 Å². The van der Waals surface area contributed by atoms with Gasteiger partial charge in [0.2, 0.25) is 0 Å². The van der Waals surface area contributed by atoms with Crippen molar-refractivity contribution in [2.45, 2.75) is 6.54 Å². The molecule has 0 radical (unpaired) electrons. The van der Waals surface area contributed by atoms with Crippen LogP contribution in [0.3, 0.4) is 0 Å². The Morgan fingerprint density at radius 2 is 1.56 bits per heavy atom. The first-order chi connectivity index (χ1) is 13.1. The van der Waals surface area contributed by atoms with Crippen molar-refractivity contribution in [3.05, 3.63) is 72.3 Å². The van der Waals surface area contributed by atoms with E-state index in [9.17, 15) is 9.59 Å². The summed E-state index contributed by atoms with van der Waals surface area (Å²) in [5.74, 6) is 0.393. The van der Waals surface area contributed by atoms with E-state index in [4.69, 9.17) is 15.2 Å². The number of ether oxygens (including phenoxy) is 2. The number of amides is 2. The second kappa shape index (κ2) is 8.71. The third-order valence-electron chi connectivity index (χ3n) is 3.86. The molecule has 0 aliphatic heterocycles. The minimum absolute atomic E-state index is 0.0732. The number of carbonyl (C=O) groups is 2. The predicted octanol–water partition coefficient (Wildman–Crippen LogP) is 2.40. The second-order valence-corrected chi connectivity index (χ2v) is 5.98. The molecular formula is C21H20N2O4. The molecule has 0 aliphatic carbocycles. The lowest BCUT2D eigenvalue weighted by Crippen LogP contribution is -2.28. The first-order valence-corrected chi connectivity index (χ1v) is 8.48. The summed E-state index contributed by atoms with van der Waals surface area (Å²) in [5.41, 5.74) is 5.90. The third-order valence-corrected chi connectivity index (χ3v) is 3.86. The summed E-state index contributed by atoms with van der Waals surface area (Å²) in [6, 6.07) is 20.7. The Bertz CT molecular complexity index is 956. The quantitative estimate of drug-likeness (QED) is 0.642. The Kier molecular flexibility index (Phi) is 5.89. The van der Waals surface area contributed by atoms with Crippen molar-refractivity contribution >= 4 is 22.6 Å². The van der Waals surface area contributed by atoms with Crippen LogP contribution >= 0.6 is 0 Å². The molecule has 3 rings (SSSR count). The predicted molar refractivity (Wildman–Crippen MR) is 102 cm³/mol. The van der Waals surface area contributed by atoms with Crippen LogP contribution in [-0.4, -0.2) is 25.0 Å². The van der Waals surface area contributed by atoms with Gasteiger partial charge in [-0.15, -0.1) is 0 Å². The largest absolute Gasteiger partial charge is 0.484 e. The number of nitrogens with two attached hydrogens (primary N) is 1. The van der Waals surface area contributed by atoms with Gasteiger partial charge in [0, 0.05) is 6.54 Å². The maximum atomic E-state index is 12.0. The van der Waals surface area contributed by atoms with E-state index in [-0.39, 0.29) is 19.1 Å². The van der Waals surface area contributed by atoms with Gasteiger partial charge >= 0.3 is 0 Å². The Morgan fingerprint density at radius 3 is 2.37 bits per heavy atom. The van der Waals surface area contributed by atoms with Gasteiger partial charge in [0.05, 0.1) is 0 Å². The minimum atomic E-state index is -0.542. The number of rotatable bonds is 8. The van der Waals surface area contributed by atoms with Crippen molar-refractivity contribution in [2.75, 3.05) is 13.2 Å².